The highest BCUT2D eigenvalue weighted by Gasteiger charge is 2.32. The normalized spacial score (nSPS) is 16.2. The van der Waals surface area contributed by atoms with Gasteiger partial charge in [0.25, 0.3) is 10.0 Å². The van der Waals surface area contributed by atoms with Crippen molar-refractivity contribution >= 4 is 25.7 Å². The maximum atomic E-state index is 13.5. The number of nitrogens with zero attached hydrogens (tertiary/aromatic N) is 2. The highest BCUT2D eigenvalue weighted by molar-refractivity contribution is 7.92. The molecule has 2 aliphatic rings. The summed E-state index contributed by atoms with van der Waals surface area (Å²) in [6, 6.07) is 20.7. The van der Waals surface area contributed by atoms with Gasteiger partial charge in [-0.15, -0.1) is 0 Å². The predicted molar refractivity (Wildman–Crippen MR) is 145 cm³/mol. The first kappa shape index (κ1) is 24.8. The molecule has 1 fully saturated rings. The average Bonchev–Trinajstić information content (AvgIpc) is 3.70. The Kier molecular flexibility index (Phi) is 6.33. The third-order valence-corrected chi connectivity index (χ3v) is 10.5. The molecule has 1 aliphatic heterocycles. The Morgan fingerprint density at radius 1 is 0.842 bits per heavy atom. The SMILES string of the molecule is O=S(=O)(NC1CCCC1)c1ccc2c(c1)CCN2S(=O)(=O)c1ccc(-c2ncc(-c3ccccc3)o2)cc1. The first-order valence-corrected chi connectivity index (χ1v) is 15.5. The molecular weight excluding hydrogens is 522 g/mol. The molecule has 10 heteroatoms. The van der Waals surface area contributed by atoms with Crippen LogP contribution in [0.3, 0.4) is 0 Å². The molecule has 1 aromatic heterocycles. The number of aromatic nitrogens is 1. The maximum Gasteiger partial charge on any atom is 0.264 e. The summed E-state index contributed by atoms with van der Waals surface area (Å²) in [4.78, 5) is 4.66. The molecule has 4 aromatic rings. The van der Waals surface area contributed by atoms with Gasteiger partial charge >= 0.3 is 0 Å². The molecule has 0 bridgehead atoms. The molecule has 6 rings (SSSR count). The van der Waals surface area contributed by atoms with Crippen molar-refractivity contribution in [3.63, 3.8) is 0 Å². The third-order valence-electron chi connectivity index (χ3n) is 7.14. The van der Waals surface area contributed by atoms with Gasteiger partial charge in [0.2, 0.25) is 15.9 Å². The number of sulfonamides is 2. The van der Waals surface area contributed by atoms with Crippen LogP contribution in [0.2, 0.25) is 0 Å². The quantitative estimate of drug-likeness (QED) is 0.348. The number of hydrogen-bond acceptors (Lipinski definition) is 6. The van der Waals surface area contributed by atoms with E-state index in [1.807, 2.05) is 30.3 Å². The van der Waals surface area contributed by atoms with Crippen molar-refractivity contribution in [1.29, 1.82) is 0 Å². The summed E-state index contributed by atoms with van der Waals surface area (Å²) in [5.74, 6) is 1.03. The van der Waals surface area contributed by atoms with Crippen LogP contribution in [-0.2, 0) is 26.5 Å². The molecule has 0 unspecified atom stereocenters. The van der Waals surface area contributed by atoms with E-state index >= 15 is 0 Å². The number of oxazole rings is 1. The van der Waals surface area contributed by atoms with E-state index in [2.05, 4.69) is 9.71 Å². The first-order chi connectivity index (χ1) is 18.3. The van der Waals surface area contributed by atoms with Crippen LogP contribution in [0.1, 0.15) is 31.2 Å². The Hall–Kier alpha value is -3.47. The zero-order chi connectivity index (χ0) is 26.3. The van der Waals surface area contributed by atoms with E-state index < -0.39 is 20.0 Å². The zero-order valence-electron chi connectivity index (χ0n) is 20.6. The third kappa shape index (κ3) is 4.63. The Balaban J connectivity index is 1.22. The summed E-state index contributed by atoms with van der Waals surface area (Å²) in [6.07, 6.45) is 5.83. The molecule has 0 radical (unpaired) electrons. The van der Waals surface area contributed by atoms with Gasteiger partial charge in [-0.25, -0.2) is 26.5 Å². The molecule has 1 N–H and O–H groups in total. The van der Waals surface area contributed by atoms with Crippen LogP contribution < -0.4 is 9.03 Å². The van der Waals surface area contributed by atoms with Crippen molar-refractivity contribution in [2.24, 2.45) is 0 Å². The van der Waals surface area contributed by atoms with E-state index in [0.29, 0.717) is 34.9 Å². The van der Waals surface area contributed by atoms with Gasteiger partial charge in [-0.2, -0.15) is 0 Å². The van der Waals surface area contributed by atoms with Crippen molar-refractivity contribution in [2.45, 2.75) is 47.9 Å². The van der Waals surface area contributed by atoms with E-state index in [4.69, 9.17) is 4.42 Å². The lowest BCUT2D eigenvalue weighted by Crippen LogP contribution is -2.32. The molecule has 0 spiro atoms. The summed E-state index contributed by atoms with van der Waals surface area (Å²) in [7, 11) is -7.49. The molecule has 8 nitrogen and oxygen atoms in total. The predicted octanol–water partition coefficient (Wildman–Crippen LogP) is 4.98. The number of hydrogen-bond donors (Lipinski definition) is 1. The average molecular weight is 550 g/mol. The minimum Gasteiger partial charge on any atom is -0.436 e. The number of rotatable bonds is 7. The second-order valence-electron chi connectivity index (χ2n) is 9.64. The molecule has 1 saturated carbocycles. The Morgan fingerprint density at radius 2 is 1.55 bits per heavy atom. The zero-order valence-corrected chi connectivity index (χ0v) is 22.2. The summed E-state index contributed by atoms with van der Waals surface area (Å²) >= 11 is 0. The van der Waals surface area contributed by atoms with Crippen LogP contribution in [0.4, 0.5) is 5.69 Å². The standard InChI is InChI=1S/C28H27N3O5S2/c32-37(33,30-23-8-4-5-9-23)25-14-15-26-22(18-25)16-17-31(26)38(34,35)24-12-10-21(11-13-24)28-29-19-27(36-28)20-6-2-1-3-7-20/h1-3,6-7,10-15,18-19,23,30H,4-5,8-9,16-17H2. The van der Waals surface area contributed by atoms with Gasteiger partial charge in [0.15, 0.2) is 5.76 Å². The highest BCUT2D eigenvalue weighted by Crippen LogP contribution is 2.35. The second kappa shape index (κ2) is 9.68. The van der Waals surface area contributed by atoms with E-state index in [0.717, 1.165) is 31.2 Å². The van der Waals surface area contributed by atoms with Crippen molar-refractivity contribution in [2.75, 3.05) is 10.8 Å². The Morgan fingerprint density at radius 3 is 2.29 bits per heavy atom. The largest absolute Gasteiger partial charge is 0.436 e. The van der Waals surface area contributed by atoms with Crippen LogP contribution >= 0.6 is 0 Å². The topological polar surface area (TPSA) is 110 Å². The fourth-order valence-corrected chi connectivity index (χ4v) is 7.99. The lowest BCUT2D eigenvalue weighted by atomic mass is 10.2. The molecule has 3 aromatic carbocycles. The van der Waals surface area contributed by atoms with E-state index in [9.17, 15) is 16.8 Å². The molecule has 0 amide bonds. The van der Waals surface area contributed by atoms with Gasteiger partial charge in [0, 0.05) is 23.7 Å². The van der Waals surface area contributed by atoms with Crippen molar-refractivity contribution in [3.8, 4) is 22.8 Å². The lowest BCUT2D eigenvalue weighted by Gasteiger charge is -2.20. The van der Waals surface area contributed by atoms with Gasteiger partial charge < -0.3 is 4.42 Å². The van der Waals surface area contributed by atoms with Crippen LogP contribution in [0.15, 0.2) is 93.2 Å². The molecular formula is C28H27N3O5S2. The van der Waals surface area contributed by atoms with Crippen molar-refractivity contribution in [1.82, 2.24) is 9.71 Å². The summed E-state index contributed by atoms with van der Waals surface area (Å²) < 4.78 is 62.7. The summed E-state index contributed by atoms with van der Waals surface area (Å²) in [6.45, 7) is 0.249. The van der Waals surface area contributed by atoms with E-state index in [1.54, 1.807) is 42.6 Å². The number of anilines is 1. The van der Waals surface area contributed by atoms with Crippen molar-refractivity contribution < 1.29 is 21.3 Å². The summed E-state index contributed by atoms with van der Waals surface area (Å²) in [5, 5.41) is 0. The molecule has 0 saturated heterocycles. The van der Waals surface area contributed by atoms with Gasteiger partial charge in [0.05, 0.1) is 21.7 Å². The Bertz CT molecular complexity index is 1680. The molecule has 38 heavy (non-hydrogen) atoms. The highest BCUT2D eigenvalue weighted by atomic mass is 32.2. The van der Waals surface area contributed by atoms with Gasteiger partial charge in [-0.1, -0.05) is 43.2 Å². The number of benzene rings is 3. The monoisotopic (exact) mass is 549 g/mol. The molecule has 2 heterocycles. The van der Waals surface area contributed by atoms with Crippen LogP contribution in [0.5, 0.6) is 0 Å². The molecule has 1 aliphatic carbocycles. The van der Waals surface area contributed by atoms with Gasteiger partial charge in [0.1, 0.15) is 0 Å². The first-order valence-electron chi connectivity index (χ1n) is 12.6. The van der Waals surface area contributed by atoms with E-state index in [1.165, 1.54) is 10.4 Å². The molecule has 0 atom stereocenters. The van der Waals surface area contributed by atoms with Crippen LogP contribution in [-0.4, -0.2) is 34.4 Å². The maximum absolute atomic E-state index is 13.5. The minimum atomic E-state index is -3.84. The van der Waals surface area contributed by atoms with Crippen LogP contribution in [0.25, 0.3) is 22.8 Å². The molecule has 196 valence electrons. The van der Waals surface area contributed by atoms with Gasteiger partial charge in [-0.3, -0.25) is 4.31 Å². The second-order valence-corrected chi connectivity index (χ2v) is 13.2. The fourth-order valence-electron chi connectivity index (χ4n) is 5.14. The van der Waals surface area contributed by atoms with Crippen molar-refractivity contribution in [3.05, 3.63) is 84.6 Å². The minimum absolute atomic E-state index is 0.0330. The lowest BCUT2D eigenvalue weighted by molar-refractivity contribution is 0.552. The van der Waals surface area contributed by atoms with E-state index in [-0.39, 0.29) is 22.4 Å². The number of fused-ring (bicyclic) bond motifs is 1. The summed E-state index contributed by atoms with van der Waals surface area (Å²) in [5.41, 5.74) is 2.78. The van der Waals surface area contributed by atoms with Crippen LogP contribution in [0, 0.1) is 0 Å². The number of nitrogens with one attached hydrogen (secondary N) is 1. The fraction of sp³-hybridized carbons (Fsp3) is 0.250. The smallest absolute Gasteiger partial charge is 0.264 e. The Labute approximate surface area is 222 Å². The van der Waals surface area contributed by atoms with Gasteiger partial charge in [-0.05, 0) is 67.3 Å².